The van der Waals surface area contributed by atoms with Crippen LogP contribution in [0.1, 0.15) is 21.7 Å². The fraction of sp³-hybridized carbons (Fsp3) is 0.267. The zero-order chi connectivity index (χ0) is 14.5. The minimum Gasteiger partial charge on any atom is -0.467 e. The molecule has 0 fully saturated rings. The van der Waals surface area contributed by atoms with E-state index in [1.54, 1.807) is 24.3 Å². The molecule has 106 valence electrons. The smallest absolute Gasteiger partial charge is 0.341 e. The second-order valence-electron chi connectivity index (χ2n) is 4.51. The van der Waals surface area contributed by atoms with Crippen molar-refractivity contribution in [3.63, 3.8) is 0 Å². The number of esters is 1. The standard InChI is InChI=1S/C15H16FNO3/c1-17(9-11-5-3-4-6-13(11)16)10-14-12(7-8-20-14)15(18)19-2/h3-8H,9-10H2,1-2H3. The van der Waals surface area contributed by atoms with Gasteiger partial charge >= 0.3 is 5.97 Å². The molecule has 0 unspecified atom stereocenters. The Labute approximate surface area is 116 Å². The highest BCUT2D eigenvalue weighted by atomic mass is 19.1. The summed E-state index contributed by atoms with van der Waals surface area (Å²) in [6.45, 7) is 0.819. The van der Waals surface area contributed by atoms with E-state index in [-0.39, 0.29) is 5.82 Å². The average molecular weight is 277 g/mol. The van der Waals surface area contributed by atoms with Crippen LogP contribution in [0.15, 0.2) is 41.0 Å². The number of furan rings is 1. The van der Waals surface area contributed by atoms with Crippen molar-refractivity contribution < 1.29 is 18.3 Å². The summed E-state index contributed by atoms with van der Waals surface area (Å²) in [6, 6.07) is 8.17. The molecule has 0 aliphatic heterocycles. The lowest BCUT2D eigenvalue weighted by Gasteiger charge is -2.16. The topological polar surface area (TPSA) is 42.7 Å². The van der Waals surface area contributed by atoms with Gasteiger partial charge in [-0.2, -0.15) is 0 Å². The molecule has 0 amide bonds. The summed E-state index contributed by atoms with van der Waals surface area (Å²) in [7, 11) is 3.15. The van der Waals surface area contributed by atoms with Gasteiger partial charge in [0.25, 0.3) is 0 Å². The second kappa shape index (κ2) is 6.34. The Hall–Kier alpha value is -2.14. The van der Waals surface area contributed by atoms with Gasteiger partial charge in [0.15, 0.2) is 0 Å². The first kappa shape index (κ1) is 14.3. The molecule has 0 aliphatic carbocycles. The molecule has 2 aromatic rings. The van der Waals surface area contributed by atoms with Crippen LogP contribution in [-0.2, 0) is 17.8 Å². The van der Waals surface area contributed by atoms with Crippen LogP contribution >= 0.6 is 0 Å². The molecule has 1 aromatic heterocycles. The monoisotopic (exact) mass is 277 g/mol. The molecule has 20 heavy (non-hydrogen) atoms. The number of halogens is 1. The third-order valence-corrected chi connectivity index (χ3v) is 2.96. The lowest BCUT2D eigenvalue weighted by Crippen LogP contribution is -2.19. The summed E-state index contributed by atoms with van der Waals surface area (Å²) in [5, 5.41) is 0. The van der Waals surface area contributed by atoms with E-state index in [9.17, 15) is 9.18 Å². The summed E-state index contributed by atoms with van der Waals surface area (Å²) in [5.41, 5.74) is 0.994. The molecule has 0 radical (unpaired) electrons. The van der Waals surface area contributed by atoms with E-state index in [4.69, 9.17) is 4.42 Å². The highest BCUT2D eigenvalue weighted by molar-refractivity contribution is 5.90. The van der Waals surface area contributed by atoms with E-state index in [2.05, 4.69) is 4.74 Å². The Morgan fingerprint density at radius 3 is 2.75 bits per heavy atom. The van der Waals surface area contributed by atoms with Gasteiger partial charge in [-0.05, 0) is 19.2 Å². The van der Waals surface area contributed by atoms with Gasteiger partial charge in [-0.25, -0.2) is 9.18 Å². The summed E-state index contributed by atoms with van der Waals surface area (Å²) < 4.78 is 23.5. The summed E-state index contributed by atoms with van der Waals surface area (Å²) in [6.07, 6.45) is 1.44. The minimum atomic E-state index is -0.437. The molecule has 0 aliphatic rings. The molecule has 2 rings (SSSR count). The predicted molar refractivity (Wildman–Crippen MR) is 71.6 cm³/mol. The van der Waals surface area contributed by atoms with Crippen molar-refractivity contribution in [3.05, 3.63) is 59.3 Å². The molecule has 0 atom stereocenters. The van der Waals surface area contributed by atoms with Gasteiger partial charge in [-0.3, -0.25) is 4.90 Å². The van der Waals surface area contributed by atoms with E-state index in [0.29, 0.717) is 30.0 Å². The van der Waals surface area contributed by atoms with Gasteiger partial charge in [0.2, 0.25) is 0 Å². The fourth-order valence-electron chi connectivity index (χ4n) is 1.97. The number of nitrogens with zero attached hydrogens (tertiary/aromatic N) is 1. The first-order valence-electron chi connectivity index (χ1n) is 6.18. The quantitative estimate of drug-likeness (QED) is 0.788. The molecular weight excluding hydrogens is 261 g/mol. The zero-order valence-electron chi connectivity index (χ0n) is 11.4. The Bertz CT molecular complexity index is 594. The van der Waals surface area contributed by atoms with Crippen LogP contribution in [0.4, 0.5) is 4.39 Å². The van der Waals surface area contributed by atoms with Crippen molar-refractivity contribution in [3.8, 4) is 0 Å². The van der Waals surface area contributed by atoms with Crippen LogP contribution in [0.2, 0.25) is 0 Å². The Morgan fingerprint density at radius 2 is 2.05 bits per heavy atom. The largest absolute Gasteiger partial charge is 0.467 e. The molecule has 0 bridgehead atoms. The predicted octanol–water partition coefficient (Wildman–Crippen LogP) is 2.84. The van der Waals surface area contributed by atoms with Crippen molar-refractivity contribution in [2.24, 2.45) is 0 Å². The number of rotatable bonds is 5. The first-order chi connectivity index (χ1) is 9.61. The van der Waals surface area contributed by atoms with Crippen LogP contribution in [0.3, 0.4) is 0 Å². The number of benzene rings is 1. The van der Waals surface area contributed by atoms with Crippen LogP contribution in [-0.4, -0.2) is 25.0 Å². The third-order valence-electron chi connectivity index (χ3n) is 2.96. The third kappa shape index (κ3) is 3.24. The van der Waals surface area contributed by atoms with Crippen molar-refractivity contribution >= 4 is 5.97 Å². The summed E-state index contributed by atoms with van der Waals surface area (Å²) >= 11 is 0. The fourth-order valence-corrected chi connectivity index (χ4v) is 1.97. The SMILES string of the molecule is COC(=O)c1ccoc1CN(C)Cc1ccccc1F. The number of carbonyl (C=O) groups is 1. The maximum atomic E-state index is 13.6. The van der Waals surface area contributed by atoms with Crippen LogP contribution in [0, 0.1) is 5.82 Å². The molecular formula is C15H16FNO3. The molecule has 5 heteroatoms. The first-order valence-corrected chi connectivity index (χ1v) is 6.18. The van der Waals surface area contributed by atoms with E-state index in [0.717, 1.165) is 0 Å². The Kier molecular flexibility index (Phi) is 4.53. The van der Waals surface area contributed by atoms with E-state index in [1.807, 2.05) is 11.9 Å². The Balaban J connectivity index is 2.05. The molecule has 4 nitrogen and oxygen atoms in total. The summed E-state index contributed by atoms with van der Waals surface area (Å²) in [4.78, 5) is 13.4. The molecule has 0 saturated carbocycles. The normalized spacial score (nSPS) is 10.8. The average Bonchev–Trinajstić information content (AvgIpc) is 2.88. The molecule has 0 N–H and O–H groups in total. The van der Waals surface area contributed by atoms with Gasteiger partial charge < -0.3 is 9.15 Å². The van der Waals surface area contributed by atoms with Gasteiger partial charge in [-0.15, -0.1) is 0 Å². The maximum Gasteiger partial charge on any atom is 0.341 e. The van der Waals surface area contributed by atoms with Crippen molar-refractivity contribution in [2.45, 2.75) is 13.1 Å². The van der Waals surface area contributed by atoms with Crippen LogP contribution in [0.25, 0.3) is 0 Å². The van der Waals surface area contributed by atoms with Crippen LogP contribution < -0.4 is 0 Å². The van der Waals surface area contributed by atoms with Gasteiger partial charge in [0.05, 0.1) is 19.9 Å². The number of hydrogen-bond donors (Lipinski definition) is 0. The number of methoxy groups -OCH3 is 1. The van der Waals surface area contributed by atoms with Gasteiger partial charge in [0.1, 0.15) is 17.1 Å². The van der Waals surface area contributed by atoms with Gasteiger partial charge in [0, 0.05) is 12.1 Å². The maximum absolute atomic E-state index is 13.6. The number of hydrogen-bond acceptors (Lipinski definition) is 4. The second-order valence-corrected chi connectivity index (χ2v) is 4.51. The van der Waals surface area contributed by atoms with Crippen molar-refractivity contribution in [1.29, 1.82) is 0 Å². The number of ether oxygens (including phenoxy) is 1. The lowest BCUT2D eigenvalue weighted by molar-refractivity contribution is 0.0596. The van der Waals surface area contributed by atoms with E-state index >= 15 is 0 Å². The molecule has 1 aromatic carbocycles. The molecule has 0 saturated heterocycles. The Morgan fingerprint density at radius 1 is 1.30 bits per heavy atom. The van der Waals surface area contributed by atoms with Crippen molar-refractivity contribution in [2.75, 3.05) is 14.2 Å². The number of carbonyl (C=O) groups excluding carboxylic acids is 1. The molecule has 1 heterocycles. The van der Waals surface area contributed by atoms with Crippen molar-refractivity contribution in [1.82, 2.24) is 4.90 Å². The minimum absolute atomic E-state index is 0.244. The summed E-state index contributed by atoms with van der Waals surface area (Å²) in [5.74, 6) is -0.171. The van der Waals surface area contributed by atoms with Gasteiger partial charge in [-0.1, -0.05) is 18.2 Å². The highest BCUT2D eigenvalue weighted by Gasteiger charge is 2.16. The van der Waals surface area contributed by atoms with Crippen LogP contribution in [0.5, 0.6) is 0 Å². The van der Waals surface area contributed by atoms with E-state index < -0.39 is 5.97 Å². The highest BCUT2D eigenvalue weighted by Crippen LogP contribution is 2.16. The zero-order valence-corrected chi connectivity index (χ0v) is 11.4. The molecule has 0 spiro atoms. The van der Waals surface area contributed by atoms with E-state index in [1.165, 1.54) is 19.4 Å². The lowest BCUT2D eigenvalue weighted by atomic mass is 10.2.